The van der Waals surface area contributed by atoms with Crippen molar-refractivity contribution in [2.75, 3.05) is 31.1 Å². The van der Waals surface area contributed by atoms with Crippen molar-refractivity contribution in [1.29, 1.82) is 0 Å². The Labute approximate surface area is 188 Å². The van der Waals surface area contributed by atoms with Crippen molar-refractivity contribution in [2.24, 2.45) is 0 Å². The molecule has 162 valence electrons. The molecule has 0 unspecified atom stereocenters. The molecule has 1 amide bonds. The summed E-state index contributed by atoms with van der Waals surface area (Å²) in [6.45, 7) is 2.43. The van der Waals surface area contributed by atoms with Gasteiger partial charge in [-0.15, -0.1) is 5.10 Å². The van der Waals surface area contributed by atoms with Gasteiger partial charge in [0.05, 0.1) is 12.1 Å². The van der Waals surface area contributed by atoms with Crippen molar-refractivity contribution in [2.45, 2.75) is 6.42 Å². The van der Waals surface area contributed by atoms with Crippen molar-refractivity contribution in [3.05, 3.63) is 71.3 Å². The number of aromatic nitrogens is 5. The zero-order valence-corrected chi connectivity index (χ0v) is 17.8. The van der Waals surface area contributed by atoms with E-state index < -0.39 is 0 Å². The Morgan fingerprint density at radius 1 is 0.969 bits per heavy atom. The zero-order valence-electron chi connectivity index (χ0n) is 17.0. The highest BCUT2D eigenvalue weighted by atomic mass is 35.5. The number of anilines is 1. The van der Waals surface area contributed by atoms with Crippen molar-refractivity contribution >= 4 is 34.5 Å². The quantitative estimate of drug-likeness (QED) is 0.474. The third-order valence-electron chi connectivity index (χ3n) is 5.49. The number of nitrogens with zero attached hydrogens (tertiary/aromatic N) is 7. The van der Waals surface area contributed by atoms with Gasteiger partial charge in [-0.2, -0.15) is 4.68 Å². The number of piperazine rings is 1. The second-order valence-corrected chi connectivity index (χ2v) is 7.95. The molecule has 2 aromatic carbocycles. The number of hydrogen-bond acceptors (Lipinski definition) is 6. The summed E-state index contributed by atoms with van der Waals surface area (Å²) in [7, 11) is 0. The van der Waals surface area contributed by atoms with E-state index in [1.165, 1.54) is 18.5 Å². The van der Waals surface area contributed by atoms with Crippen molar-refractivity contribution in [3.8, 4) is 5.69 Å². The Hall–Kier alpha value is -3.59. The summed E-state index contributed by atoms with van der Waals surface area (Å²) in [5.41, 5.74) is 2.72. The number of halogens is 2. The number of carbonyl (C=O) groups excluding carboxylic acids is 1. The average Bonchev–Trinajstić information content (AvgIpc) is 3.25. The minimum atomic E-state index is -0.322. The van der Waals surface area contributed by atoms with E-state index in [1.807, 2.05) is 17.0 Å². The fraction of sp³-hybridized carbons (Fsp3) is 0.227. The summed E-state index contributed by atoms with van der Waals surface area (Å²) in [5, 5.41) is 9.11. The smallest absolute Gasteiger partial charge is 0.227 e. The molecule has 10 heteroatoms. The van der Waals surface area contributed by atoms with Crippen LogP contribution in [0.2, 0.25) is 5.02 Å². The van der Waals surface area contributed by atoms with Gasteiger partial charge in [0, 0.05) is 31.2 Å². The van der Waals surface area contributed by atoms with Crippen LogP contribution in [-0.4, -0.2) is 61.9 Å². The highest BCUT2D eigenvalue weighted by molar-refractivity contribution is 6.30. The molecule has 5 rings (SSSR count). The molecule has 0 aliphatic carbocycles. The molecule has 8 nitrogen and oxygen atoms in total. The van der Waals surface area contributed by atoms with Crippen molar-refractivity contribution in [3.63, 3.8) is 0 Å². The van der Waals surface area contributed by atoms with Gasteiger partial charge in [0.15, 0.2) is 17.0 Å². The van der Waals surface area contributed by atoms with Crippen LogP contribution in [0, 0.1) is 5.82 Å². The van der Waals surface area contributed by atoms with E-state index in [0.29, 0.717) is 60.3 Å². The number of hydrogen-bond donors (Lipinski definition) is 0. The van der Waals surface area contributed by atoms with Crippen LogP contribution in [0.3, 0.4) is 0 Å². The Bertz CT molecular complexity index is 1250. The van der Waals surface area contributed by atoms with Gasteiger partial charge < -0.3 is 9.80 Å². The van der Waals surface area contributed by atoms with E-state index in [4.69, 9.17) is 11.6 Å². The van der Waals surface area contributed by atoms with Gasteiger partial charge in [-0.25, -0.2) is 14.4 Å². The Morgan fingerprint density at radius 3 is 2.41 bits per heavy atom. The van der Waals surface area contributed by atoms with Crippen LogP contribution in [-0.2, 0) is 11.2 Å². The molecule has 0 atom stereocenters. The first-order valence-corrected chi connectivity index (χ1v) is 10.6. The molecule has 0 spiro atoms. The maximum absolute atomic E-state index is 13.3. The average molecular weight is 452 g/mol. The van der Waals surface area contributed by atoms with Gasteiger partial charge in [-0.05, 0) is 42.0 Å². The predicted molar refractivity (Wildman–Crippen MR) is 118 cm³/mol. The van der Waals surface area contributed by atoms with Crippen LogP contribution in [0.25, 0.3) is 16.9 Å². The van der Waals surface area contributed by atoms with Crippen LogP contribution in [0.4, 0.5) is 10.2 Å². The number of amides is 1. The maximum Gasteiger partial charge on any atom is 0.227 e. The van der Waals surface area contributed by atoms with Crippen molar-refractivity contribution in [1.82, 2.24) is 29.9 Å². The third-order valence-corrected chi connectivity index (χ3v) is 5.74. The highest BCUT2D eigenvalue weighted by Crippen LogP contribution is 2.24. The van der Waals surface area contributed by atoms with Gasteiger partial charge in [0.1, 0.15) is 12.1 Å². The molecule has 2 aromatic heterocycles. The zero-order chi connectivity index (χ0) is 22.1. The lowest BCUT2D eigenvalue weighted by molar-refractivity contribution is -0.130. The first kappa shape index (κ1) is 20.3. The first-order valence-electron chi connectivity index (χ1n) is 10.2. The standard InChI is InChI=1S/C22H19ClFN7O/c23-16-3-1-15(2-4-16)13-19(32)29-9-11-30(12-10-29)21-20-22(26-14-25-21)31(28-27-20)18-7-5-17(24)6-8-18/h1-8,14H,9-13H2. The van der Waals surface area contributed by atoms with E-state index in [1.54, 1.807) is 28.9 Å². The largest absolute Gasteiger partial charge is 0.351 e. The number of carbonyl (C=O) groups is 1. The molecule has 1 aliphatic heterocycles. The normalized spacial score (nSPS) is 14.2. The van der Waals surface area contributed by atoms with Crippen LogP contribution < -0.4 is 4.90 Å². The molecule has 0 saturated carbocycles. The maximum atomic E-state index is 13.3. The van der Waals surface area contributed by atoms with Crippen LogP contribution in [0.15, 0.2) is 54.9 Å². The lowest BCUT2D eigenvalue weighted by Gasteiger charge is -2.35. The summed E-state index contributed by atoms with van der Waals surface area (Å²) in [6, 6.07) is 13.3. The van der Waals surface area contributed by atoms with Gasteiger partial charge in [-0.3, -0.25) is 4.79 Å². The fourth-order valence-corrected chi connectivity index (χ4v) is 3.91. The Morgan fingerprint density at radius 2 is 1.69 bits per heavy atom. The monoisotopic (exact) mass is 451 g/mol. The minimum absolute atomic E-state index is 0.0852. The minimum Gasteiger partial charge on any atom is -0.351 e. The van der Waals surface area contributed by atoms with Crippen LogP contribution >= 0.6 is 11.6 Å². The van der Waals surface area contributed by atoms with E-state index in [2.05, 4.69) is 25.2 Å². The summed E-state index contributed by atoms with van der Waals surface area (Å²) in [5.74, 6) is 0.437. The van der Waals surface area contributed by atoms with E-state index in [-0.39, 0.29) is 11.7 Å². The van der Waals surface area contributed by atoms with Gasteiger partial charge >= 0.3 is 0 Å². The second kappa shape index (κ2) is 8.51. The van der Waals surface area contributed by atoms with Gasteiger partial charge in [0.2, 0.25) is 5.91 Å². The topological polar surface area (TPSA) is 80.0 Å². The molecule has 32 heavy (non-hydrogen) atoms. The van der Waals surface area contributed by atoms with E-state index >= 15 is 0 Å². The fourth-order valence-electron chi connectivity index (χ4n) is 3.78. The first-order chi connectivity index (χ1) is 15.6. The molecule has 3 heterocycles. The molecule has 0 bridgehead atoms. The second-order valence-electron chi connectivity index (χ2n) is 7.52. The number of fused-ring (bicyclic) bond motifs is 1. The summed E-state index contributed by atoms with van der Waals surface area (Å²) in [6.07, 6.45) is 1.82. The van der Waals surface area contributed by atoms with Crippen molar-refractivity contribution < 1.29 is 9.18 Å². The highest BCUT2D eigenvalue weighted by Gasteiger charge is 2.25. The molecule has 1 saturated heterocycles. The van der Waals surface area contributed by atoms with Crippen LogP contribution in [0.5, 0.6) is 0 Å². The number of rotatable bonds is 4. The predicted octanol–water partition coefficient (Wildman–Crippen LogP) is 2.89. The molecular weight excluding hydrogens is 433 g/mol. The molecule has 4 aromatic rings. The molecule has 0 N–H and O–H groups in total. The molecule has 1 fully saturated rings. The third kappa shape index (κ3) is 3.99. The summed E-state index contributed by atoms with van der Waals surface area (Å²) < 4.78 is 14.8. The molecule has 1 aliphatic rings. The van der Waals surface area contributed by atoms with Gasteiger partial charge in [-0.1, -0.05) is 28.9 Å². The SMILES string of the molecule is O=C(Cc1ccc(Cl)cc1)N1CCN(c2ncnc3c2nnn3-c2ccc(F)cc2)CC1. The molecular formula is C22H19ClFN7O. The lowest BCUT2D eigenvalue weighted by atomic mass is 10.1. The van der Waals surface area contributed by atoms with E-state index in [0.717, 1.165) is 5.56 Å². The summed E-state index contributed by atoms with van der Waals surface area (Å²) in [4.78, 5) is 25.4. The Balaban J connectivity index is 1.30. The number of benzene rings is 2. The van der Waals surface area contributed by atoms with Gasteiger partial charge in [0.25, 0.3) is 0 Å². The molecule has 0 radical (unpaired) electrons. The lowest BCUT2D eigenvalue weighted by Crippen LogP contribution is -2.49. The summed E-state index contributed by atoms with van der Waals surface area (Å²) >= 11 is 5.92. The van der Waals surface area contributed by atoms with Crippen LogP contribution in [0.1, 0.15) is 5.56 Å². The van der Waals surface area contributed by atoms with E-state index in [9.17, 15) is 9.18 Å². The Kier molecular flexibility index (Phi) is 5.40.